The van der Waals surface area contributed by atoms with Crippen LogP contribution in [0.25, 0.3) is 0 Å². The number of nitrogens with zero attached hydrogens (tertiary/aromatic N) is 5. The van der Waals surface area contributed by atoms with Crippen LogP contribution < -0.4 is 15.5 Å². The van der Waals surface area contributed by atoms with Crippen LogP contribution in [-0.4, -0.2) is 46.4 Å². The van der Waals surface area contributed by atoms with Gasteiger partial charge in [-0.25, -0.2) is 4.99 Å². The molecular weight excluding hydrogens is 394 g/mol. The Kier molecular flexibility index (Phi) is 6.13. The van der Waals surface area contributed by atoms with Gasteiger partial charge in [0.2, 0.25) is 0 Å². The molecule has 1 aromatic carbocycles. The quantitative estimate of drug-likeness (QED) is 0.574. The van der Waals surface area contributed by atoms with Crippen molar-refractivity contribution < 1.29 is 0 Å². The Balaban J connectivity index is 1.60. The molecule has 1 atom stereocenters. The van der Waals surface area contributed by atoms with Crippen molar-refractivity contribution in [2.75, 3.05) is 24.5 Å². The molecule has 1 aliphatic rings. The molecule has 1 fully saturated rings. The number of hydrogen-bond acceptors (Lipinski definition) is 4. The molecule has 2 heterocycles. The Hall–Kier alpha value is -2.09. The van der Waals surface area contributed by atoms with Gasteiger partial charge in [-0.05, 0) is 44.5 Å². The Morgan fingerprint density at radius 3 is 2.73 bits per heavy atom. The summed E-state index contributed by atoms with van der Waals surface area (Å²) < 4.78 is 3.08. The molecule has 3 rings (SSSR count). The number of aryl methyl sites for hydroxylation is 1. The van der Waals surface area contributed by atoms with Crippen molar-refractivity contribution in [2.24, 2.45) is 12.0 Å². The van der Waals surface area contributed by atoms with Crippen LogP contribution in [-0.2, 0) is 13.6 Å². The monoisotopic (exact) mass is 419 g/mol. The molecule has 0 bridgehead atoms. The summed E-state index contributed by atoms with van der Waals surface area (Å²) in [5.41, 5.74) is 1.26. The van der Waals surface area contributed by atoms with Crippen LogP contribution in [0.2, 0.25) is 0 Å². The zero-order valence-electron chi connectivity index (χ0n) is 15.5. The van der Waals surface area contributed by atoms with Gasteiger partial charge in [0.1, 0.15) is 12.4 Å². The smallest absolute Gasteiger partial charge is 0.191 e. The second-order valence-corrected chi connectivity index (χ2v) is 7.39. The van der Waals surface area contributed by atoms with E-state index in [1.165, 1.54) is 5.69 Å². The lowest BCUT2D eigenvalue weighted by Crippen LogP contribution is -2.44. The number of aliphatic imine (C=N–C) groups is 1. The molecule has 7 nitrogen and oxygen atoms in total. The second kappa shape index (κ2) is 8.53. The Morgan fingerprint density at radius 2 is 2.08 bits per heavy atom. The molecule has 26 heavy (non-hydrogen) atoms. The fraction of sp³-hybridized carbons (Fsp3) is 0.500. The van der Waals surface area contributed by atoms with Gasteiger partial charge < -0.3 is 20.1 Å². The molecule has 1 aliphatic heterocycles. The summed E-state index contributed by atoms with van der Waals surface area (Å²) >= 11 is 3.49. The average molecular weight is 420 g/mol. The third kappa shape index (κ3) is 4.55. The molecule has 0 saturated carbocycles. The van der Waals surface area contributed by atoms with Crippen LogP contribution in [0, 0.1) is 6.92 Å². The summed E-state index contributed by atoms with van der Waals surface area (Å²) in [5, 5.41) is 15.1. The molecule has 2 aromatic rings. The summed E-state index contributed by atoms with van der Waals surface area (Å²) in [6.07, 6.45) is 1.09. The van der Waals surface area contributed by atoms with E-state index in [9.17, 15) is 0 Å². The maximum atomic E-state index is 4.68. The lowest BCUT2D eigenvalue weighted by molar-refractivity contribution is 0.646. The van der Waals surface area contributed by atoms with E-state index in [4.69, 9.17) is 0 Å². The van der Waals surface area contributed by atoms with Gasteiger partial charge in [-0.2, -0.15) is 0 Å². The van der Waals surface area contributed by atoms with Gasteiger partial charge in [0.05, 0.1) is 0 Å². The molecule has 1 aromatic heterocycles. The van der Waals surface area contributed by atoms with Gasteiger partial charge in [0.25, 0.3) is 0 Å². The maximum Gasteiger partial charge on any atom is 0.191 e. The van der Waals surface area contributed by atoms with Crippen molar-refractivity contribution in [1.82, 2.24) is 25.4 Å². The highest BCUT2D eigenvalue weighted by Gasteiger charge is 2.23. The first kappa shape index (κ1) is 18.7. The van der Waals surface area contributed by atoms with E-state index in [0.717, 1.165) is 48.1 Å². The number of benzene rings is 1. The van der Waals surface area contributed by atoms with Crippen molar-refractivity contribution in [3.8, 4) is 0 Å². The number of rotatable bonds is 5. The van der Waals surface area contributed by atoms with E-state index in [-0.39, 0.29) is 0 Å². The molecule has 0 radical (unpaired) electrons. The first-order chi connectivity index (χ1) is 12.6. The highest BCUT2D eigenvalue weighted by molar-refractivity contribution is 9.10. The van der Waals surface area contributed by atoms with Crippen molar-refractivity contribution in [1.29, 1.82) is 0 Å². The summed E-state index contributed by atoms with van der Waals surface area (Å²) in [5.74, 6) is 2.59. The fourth-order valence-electron chi connectivity index (χ4n) is 3.02. The summed E-state index contributed by atoms with van der Waals surface area (Å²) in [6, 6.07) is 8.86. The van der Waals surface area contributed by atoms with Crippen molar-refractivity contribution in [3.05, 3.63) is 40.4 Å². The van der Waals surface area contributed by atoms with E-state index in [1.54, 1.807) is 0 Å². The van der Waals surface area contributed by atoms with Gasteiger partial charge in [-0.3, -0.25) is 0 Å². The molecule has 0 amide bonds. The van der Waals surface area contributed by atoms with E-state index in [0.29, 0.717) is 12.6 Å². The Labute approximate surface area is 163 Å². The predicted octanol–water partition coefficient (Wildman–Crippen LogP) is 2.22. The van der Waals surface area contributed by atoms with E-state index in [2.05, 4.69) is 77.8 Å². The maximum absolute atomic E-state index is 4.68. The topological polar surface area (TPSA) is 70.4 Å². The number of guanidine groups is 1. The standard InChI is InChI=1S/C18H26BrN7/c1-4-20-18(21-11-17-24-23-13(2)25(17)3)22-15-9-10-26(12-15)16-7-5-14(19)6-8-16/h5-8,15H,4,9-12H2,1-3H3,(H2,20,21,22). The van der Waals surface area contributed by atoms with E-state index in [1.807, 2.05) is 18.5 Å². The summed E-state index contributed by atoms with van der Waals surface area (Å²) in [7, 11) is 1.97. The van der Waals surface area contributed by atoms with Crippen LogP contribution in [0.5, 0.6) is 0 Å². The highest BCUT2D eigenvalue weighted by Crippen LogP contribution is 2.22. The summed E-state index contributed by atoms with van der Waals surface area (Å²) in [4.78, 5) is 7.08. The van der Waals surface area contributed by atoms with Gasteiger partial charge in [0, 0.05) is 42.9 Å². The Morgan fingerprint density at radius 1 is 1.31 bits per heavy atom. The fourth-order valence-corrected chi connectivity index (χ4v) is 3.28. The SMILES string of the molecule is CCNC(=NCc1nnc(C)n1C)NC1CCN(c2ccc(Br)cc2)C1. The number of aromatic nitrogens is 3. The first-order valence-corrected chi connectivity index (χ1v) is 9.76. The molecule has 0 aliphatic carbocycles. The minimum atomic E-state index is 0.373. The zero-order valence-corrected chi connectivity index (χ0v) is 17.1. The van der Waals surface area contributed by atoms with Gasteiger partial charge in [-0.1, -0.05) is 15.9 Å². The van der Waals surface area contributed by atoms with Crippen LogP contribution in [0.4, 0.5) is 5.69 Å². The van der Waals surface area contributed by atoms with Crippen molar-refractivity contribution >= 4 is 27.6 Å². The zero-order chi connectivity index (χ0) is 18.5. The number of anilines is 1. The molecule has 140 valence electrons. The van der Waals surface area contributed by atoms with Crippen molar-refractivity contribution in [2.45, 2.75) is 32.9 Å². The van der Waals surface area contributed by atoms with Crippen LogP contribution in [0.15, 0.2) is 33.7 Å². The van der Waals surface area contributed by atoms with E-state index < -0.39 is 0 Å². The largest absolute Gasteiger partial charge is 0.369 e. The molecular formula is C18H26BrN7. The van der Waals surface area contributed by atoms with Crippen LogP contribution in [0.1, 0.15) is 25.0 Å². The van der Waals surface area contributed by atoms with Crippen LogP contribution >= 0.6 is 15.9 Å². The van der Waals surface area contributed by atoms with Crippen LogP contribution in [0.3, 0.4) is 0 Å². The molecule has 1 saturated heterocycles. The minimum Gasteiger partial charge on any atom is -0.369 e. The number of halogens is 1. The number of hydrogen-bond donors (Lipinski definition) is 2. The molecule has 8 heteroatoms. The third-order valence-corrected chi connectivity index (χ3v) is 5.16. The van der Waals surface area contributed by atoms with Gasteiger partial charge in [-0.15, -0.1) is 10.2 Å². The minimum absolute atomic E-state index is 0.373. The lowest BCUT2D eigenvalue weighted by atomic mass is 10.3. The van der Waals surface area contributed by atoms with Gasteiger partial charge in [0.15, 0.2) is 11.8 Å². The predicted molar refractivity (Wildman–Crippen MR) is 108 cm³/mol. The van der Waals surface area contributed by atoms with Crippen molar-refractivity contribution in [3.63, 3.8) is 0 Å². The Bertz CT molecular complexity index is 753. The summed E-state index contributed by atoms with van der Waals surface area (Å²) in [6.45, 7) is 7.37. The number of nitrogens with one attached hydrogen (secondary N) is 2. The molecule has 0 spiro atoms. The molecule has 1 unspecified atom stereocenters. The lowest BCUT2D eigenvalue weighted by Gasteiger charge is -2.20. The van der Waals surface area contributed by atoms with Gasteiger partial charge >= 0.3 is 0 Å². The highest BCUT2D eigenvalue weighted by atomic mass is 79.9. The normalized spacial score (nSPS) is 17.6. The first-order valence-electron chi connectivity index (χ1n) is 8.97. The van der Waals surface area contributed by atoms with E-state index >= 15 is 0 Å². The molecule has 2 N–H and O–H groups in total. The second-order valence-electron chi connectivity index (χ2n) is 6.47. The average Bonchev–Trinajstić information content (AvgIpc) is 3.22. The third-order valence-electron chi connectivity index (χ3n) is 4.63.